The molecule has 1 aliphatic heterocycles. The Morgan fingerprint density at radius 1 is 1.42 bits per heavy atom. The zero-order chi connectivity index (χ0) is 13.9. The average Bonchev–Trinajstić information content (AvgIpc) is 2.31. The van der Waals surface area contributed by atoms with Crippen LogP contribution >= 0.6 is 0 Å². The molecule has 106 valence electrons. The Bertz CT molecular complexity index is 542. The maximum atomic E-state index is 13.0. The number of nitrogens with one attached hydrogen (secondary N) is 1. The van der Waals surface area contributed by atoms with E-state index in [1.54, 1.807) is 6.07 Å². The van der Waals surface area contributed by atoms with Crippen molar-refractivity contribution in [2.75, 3.05) is 18.1 Å². The van der Waals surface area contributed by atoms with Gasteiger partial charge < -0.3 is 5.32 Å². The summed E-state index contributed by atoms with van der Waals surface area (Å²) in [6.45, 7) is 2.62. The van der Waals surface area contributed by atoms with Crippen molar-refractivity contribution in [2.24, 2.45) is 0 Å². The van der Waals surface area contributed by atoms with Crippen molar-refractivity contribution in [3.8, 4) is 0 Å². The lowest BCUT2D eigenvalue weighted by molar-refractivity contribution is 0.483. The summed E-state index contributed by atoms with van der Waals surface area (Å²) in [6.07, 6.45) is 2.46. The fourth-order valence-electron chi connectivity index (χ4n) is 2.53. The molecule has 1 fully saturated rings. The predicted molar refractivity (Wildman–Crippen MR) is 74.5 cm³/mol. The number of sulfone groups is 1. The quantitative estimate of drug-likeness (QED) is 0.918. The highest BCUT2D eigenvalue weighted by Gasteiger charge is 2.23. The molecule has 0 spiro atoms. The van der Waals surface area contributed by atoms with Gasteiger partial charge in [0.2, 0.25) is 0 Å². The summed E-state index contributed by atoms with van der Waals surface area (Å²) in [5.74, 6) is 0.352. The standard InChI is InChI=1S/C14H20FNO2S/c1-11-9-13(15)5-4-12(11)6-7-16-14-3-2-8-19(17,18)10-14/h4-5,9,14,16H,2-3,6-8,10H2,1H3. The van der Waals surface area contributed by atoms with Crippen LogP contribution in [0.4, 0.5) is 4.39 Å². The Labute approximate surface area is 114 Å². The van der Waals surface area contributed by atoms with Crippen molar-refractivity contribution >= 4 is 9.84 Å². The molecule has 0 radical (unpaired) electrons. The van der Waals surface area contributed by atoms with E-state index in [0.717, 1.165) is 36.9 Å². The van der Waals surface area contributed by atoms with Crippen LogP contribution in [0, 0.1) is 12.7 Å². The highest BCUT2D eigenvalue weighted by atomic mass is 32.2. The van der Waals surface area contributed by atoms with Gasteiger partial charge in [-0.2, -0.15) is 0 Å². The van der Waals surface area contributed by atoms with Crippen molar-refractivity contribution in [3.05, 3.63) is 35.1 Å². The van der Waals surface area contributed by atoms with E-state index in [0.29, 0.717) is 5.75 Å². The molecule has 1 atom stereocenters. The lowest BCUT2D eigenvalue weighted by Crippen LogP contribution is -2.41. The lowest BCUT2D eigenvalue weighted by atomic mass is 10.1. The third kappa shape index (κ3) is 4.28. The molecule has 1 aliphatic rings. The third-order valence-electron chi connectivity index (χ3n) is 3.60. The van der Waals surface area contributed by atoms with Gasteiger partial charge in [0.05, 0.1) is 11.5 Å². The molecule has 1 aromatic rings. The molecular weight excluding hydrogens is 265 g/mol. The number of benzene rings is 1. The first kappa shape index (κ1) is 14.5. The van der Waals surface area contributed by atoms with E-state index >= 15 is 0 Å². The minimum absolute atomic E-state index is 0.0690. The van der Waals surface area contributed by atoms with Crippen molar-refractivity contribution in [2.45, 2.75) is 32.2 Å². The van der Waals surface area contributed by atoms with Crippen LogP contribution in [0.1, 0.15) is 24.0 Å². The molecule has 1 saturated heterocycles. The van der Waals surface area contributed by atoms with Crippen LogP contribution in [0.2, 0.25) is 0 Å². The van der Waals surface area contributed by atoms with Crippen LogP contribution in [0.25, 0.3) is 0 Å². The van der Waals surface area contributed by atoms with Crippen molar-refractivity contribution in [1.29, 1.82) is 0 Å². The molecule has 5 heteroatoms. The minimum atomic E-state index is -2.85. The van der Waals surface area contributed by atoms with Crippen LogP contribution in [0.15, 0.2) is 18.2 Å². The van der Waals surface area contributed by atoms with E-state index in [4.69, 9.17) is 0 Å². The van der Waals surface area contributed by atoms with Gasteiger partial charge in [0, 0.05) is 6.04 Å². The Hall–Kier alpha value is -0.940. The van der Waals surface area contributed by atoms with Gasteiger partial charge in [-0.3, -0.25) is 0 Å². The molecule has 1 heterocycles. The second-order valence-electron chi connectivity index (χ2n) is 5.23. The molecule has 2 rings (SSSR count). The zero-order valence-electron chi connectivity index (χ0n) is 11.2. The van der Waals surface area contributed by atoms with E-state index in [2.05, 4.69) is 5.32 Å². The maximum Gasteiger partial charge on any atom is 0.151 e. The van der Waals surface area contributed by atoms with Gasteiger partial charge in [-0.25, -0.2) is 12.8 Å². The zero-order valence-corrected chi connectivity index (χ0v) is 12.0. The topological polar surface area (TPSA) is 46.2 Å². The number of rotatable bonds is 4. The summed E-state index contributed by atoms with van der Waals surface area (Å²) in [5.41, 5.74) is 2.05. The average molecular weight is 285 g/mol. The molecule has 0 aliphatic carbocycles. The van der Waals surface area contributed by atoms with Gasteiger partial charge in [0.25, 0.3) is 0 Å². The van der Waals surface area contributed by atoms with Gasteiger partial charge in [0.1, 0.15) is 5.82 Å². The summed E-state index contributed by atoms with van der Waals surface area (Å²) in [5, 5.41) is 3.29. The van der Waals surface area contributed by atoms with Crippen molar-refractivity contribution in [3.63, 3.8) is 0 Å². The number of hydrogen-bond donors (Lipinski definition) is 1. The normalized spacial score (nSPS) is 22.3. The number of aryl methyl sites for hydroxylation is 1. The number of hydrogen-bond acceptors (Lipinski definition) is 3. The molecule has 1 N–H and O–H groups in total. The monoisotopic (exact) mass is 285 g/mol. The first-order chi connectivity index (χ1) is 8.96. The van der Waals surface area contributed by atoms with Gasteiger partial charge in [-0.15, -0.1) is 0 Å². The molecule has 0 bridgehead atoms. The van der Waals surface area contributed by atoms with E-state index in [1.165, 1.54) is 12.1 Å². The molecule has 3 nitrogen and oxygen atoms in total. The van der Waals surface area contributed by atoms with Crippen LogP contribution in [0.3, 0.4) is 0 Å². The summed E-state index contributed by atoms with van der Waals surface area (Å²) in [6, 6.07) is 4.86. The minimum Gasteiger partial charge on any atom is -0.313 e. The van der Waals surface area contributed by atoms with E-state index in [1.807, 2.05) is 6.92 Å². The highest BCUT2D eigenvalue weighted by molar-refractivity contribution is 7.91. The molecular formula is C14H20FNO2S. The smallest absolute Gasteiger partial charge is 0.151 e. The maximum absolute atomic E-state index is 13.0. The fraction of sp³-hybridized carbons (Fsp3) is 0.571. The Kier molecular flexibility index (Phi) is 4.58. The van der Waals surface area contributed by atoms with Crippen molar-refractivity contribution < 1.29 is 12.8 Å². The Morgan fingerprint density at radius 2 is 2.21 bits per heavy atom. The van der Waals surface area contributed by atoms with E-state index in [9.17, 15) is 12.8 Å². The fourth-order valence-corrected chi connectivity index (χ4v) is 4.21. The van der Waals surface area contributed by atoms with Gasteiger partial charge >= 0.3 is 0 Å². The molecule has 0 aromatic heterocycles. The highest BCUT2D eigenvalue weighted by Crippen LogP contribution is 2.13. The van der Waals surface area contributed by atoms with Gasteiger partial charge in [0.15, 0.2) is 9.84 Å². The lowest BCUT2D eigenvalue weighted by Gasteiger charge is -2.23. The van der Waals surface area contributed by atoms with Gasteiger partial charge in [-0.05, 0) is 56.0 Å². The van der Waals surface area contributed by atoms with Crippen molar-refractivity contribution in [1.82, 2.24) is 5.32 Å². The first-order valence-electron chi connectivity index (χ1n) is 6.65. The molecule has 19 heavy (non-hydrogen) atoms. The second kappa shape index (κ2) is 6.01. The van der Waals surface area contributed by atoms with Crippen LogP contribution in [-0.2, 0) is 16.3 Å². The molecule has 0 saturated carbocycles. The van der Waals surface area contributed by atoms with Crippen LogP contribution in [-0.4, -0.2) is 32.5 Å². The SMILES string of the molecule is Cc1cc(F)ccc1CCNC1CCCS(=O)(=O)C1. The van der Waals surface area contributed by atoms with Crippen LogP contribution in [0.5, 0.6) is 0 Å². The third-order valence-corrected chi connectivity index (χ3v) is 5.42. The first-order valence-corrected chi connectivity index (χ1v) is 8.47. The Balaban J connectivity index is 1.83. The molecule has 1 unspecified atom stereocenters. The molecule has 0 amide bonds. The second-order valence-corrected chi connectivity index (χ2v) is 7.46. The summed E-state index contributed by atoms with van der Waals surface area (Å²) < 4.78 is 36.0. The van der Waals surface area contributed by atoms with Crippen LogP contribution < -0.4 is 5.32 Å². The van der Waals surface area contributed by atoms with E-state index < -0.39 is 9.84 Å². The summed E-state index contributed by atoms with van der Waals surface area (Å²) in [4.78, 5) is 0. The van der Waals surface area contributed by atoms with Gasteiger partial charge in [-0.1, -0.05) is 6.07 Å². The van der Waals surface area contributed by atoms with E-state index in [-0.39, 0.29) is 17.6 Å². The Morgan fingerprint density at radius 3 is 2.89 bits per heavy atom. The molecule has 1 aromatic carbocycles. The predicted octanol–water partition coefficient (Wildman–Crippen LogP) is 1.84. The number of halogens is 1. The summed E-state index contributed by atoms with van der Waals surface area (Å²) >= 11 is 0. The summed E-state index contributed by atoms with van der Waals surface area (Å²) in [7, 11) is -2.85. The largest absolute Gasteiger partial charge is 0.313 e.